The van der Waals surface area contributed by atoms with E-state index in [9.17, 15) is 0 Å². The summed E-state index contributed by atoms with van der Waals surface area (Å²) in [4.78, 5) is 0. The quantitative estimate of drug-likeness (QED) is 0.349. The monoisotopic (exact) mass is 76.0 g/mol. The average molecular weight is 76.1 g/mol. The summed E-state index contributed by atoms with van der Waals surface area (Å²) < 4.78 is 17.3. The average Bonchev–Trinajstić information content (AvgIpc) is 0.811. The molecular weight excluding hydrogens is 76.1 g/mol. The van der Waals surface area contributed by atoms with Crippen LogP contribution in [0.5, 0.6) is 0 Å². The van der Waals surface area contributed by atoms with E-state index in [-0.39, 0.29) is 0 Å². The third-order valence-corrected chi connectivity index (χ3v) is 0. The van der Waals surface area contributed by atoms with Crippen molar-refractivity contribution in [2.75, 3.05) is 0 Å². The number of rotatable bonds is 0. The summed E-state index contributed by atoms with van der Waals surface area (Å²) in [6, 6.07) is 0. The fraction of sp³-hybridized carbons (Fsp3) is 0. The zero-order chi connectivity index (χ0) is 3.58. The summed E-state index contributed by atoms with van der Waals surface area (Å²) in [5.74, 6) is 5.50. The Morgan fingerprint density at radius 3 is 1.50 bits per heavy atom. The standard InChI is InChI=1S/CO2S/c1-4(2)3. The highest BCUT2D eigenvalue weighted by atomic mass is 32.2. The van der Waals surface area contributed by atoms with Gasteiger partial charge in [0.2, 0.25) is 10.3 Å². The Balaban J connectivity index is 4.65. The van der Waals surface area contributed by atoms with Gasteiger partial charge >= 0.3 is 0 Å². The molecule has 0 bridgehead atoms. The van der Waals surface area contributed by atoms with E-state index in [2.05, 4.69) is 0 Å². The Bertz CT molecular complexity index is 75.4. The van der Waals surface area contributed by atoms with E-state index in [4.69, 9.17) is 14.3 Å². The highest BCUT2D eigenvalue weighted by Gasteiger charge is 1.32. The lowest BCUT2D eigenvalue weighted by atomic mass is 12.0. The molecule has 0 aromatic heterocycles. The van der Waals surface area contributed by atoms with Crippen LogP contribution in [0.15, 0.2) is 0 Å². The molecule has 0 rings (SSSR count). The molecule has 0 heterocycles. The van der Waals surface area contributed by atoms with E-state index in [0.717, 1.165) is 0 Å². The highest BCUT2D eigenvalue weighted by molar-refractivity contribution is 7.70. The second-order valence-electron chi connectivity index (χ2n) is 0.235. The van der Waals surface area contributed by atoms with Gasteiger partial charge in [-0.25, -0.2) is 0 Å². The largest absolute Gasteiger partial charge is 0.224 e. The molecule has 22 valence electrons. The van der Waals surface area contributed by atoms with Crippen LogP contribution in [0.2, 0.25) is 0 Å². The minimum absolute atomic E-state index is 2.61. The minimum atomic E-state index is -2.61. The van der Waals surface area contributed by atoms with E-state index in [1.54, 1.807) is 0 Å². The molecule has 0 saturated carbocycles. The molecule has 0 spiro atoms. The molecule has 2 radical (unpaired) electrons. The fourth-order valence-corrected chi connectivity index (χ4v) is 0. The molecule has 0 aromatic carbocycles. The maximum atomic E-state index is 8.67. The molecule has 0 saturated heterocycles. The van der Waals surface area contributed by atoms with Crippen LogP contribution in [0.1, 0.15) is 0 Å². The van der Waals surface area contributed by atoms with Crippen LogP contribution in [-0.2, 0) is 10.3 Å². The van der Waals surface area contributed by atoms with Crippen LogP contribution >= 0.6 is 0 Å². The van der Waals surface area contributed by atoms with Crippen molar-refractivity contribution in [2.24, 2.45) is 0 Å². The molecule has 0 unspecified atom stereocenters. The van der Waals surface area contributed by atoms with Gasteiger partial charge in [-0.1, -0.05) is 0 Å². The van der Waals surface area contributed by atoms with E-state index >= 15 is 0 Å². The lowest BCUT2D eigenvalue weighted by Gasteiger charge is -1.17. The molecule has 2 nitrogen and oxygen atoms in total. The summed E-state index contributed by atoms with van der Waals surface area (Å²) in [6.45, 7) is 0. The van der Waals surface area contributed by atoms with Crippen molar-refractivity contribution in [3.05, 3.63) is 0 Å². The summed E-state index contributed by atoms with van der Waals surface area (Å²) in [5.41, 5.74) is 0. The van der Waals surface area contributed by atoms with E-state index in [1.165, 1.54) is 0 Å². The third-order valence-electron chi connectivity index (χ3n) is 0. The Kier molecular flexibility index (Phi) is 0.979. The zero-order valence-electron chi connectivity index (χ0n) is 1.72. The lowest BCUT2D eigenvalue weighted by Crippen LogP contribution is -1.39. The van der Waals surface area contributed by atoms with Gasteiger partial charge in [-0.3, -0.25) is 0 Å². The first-order chi connectivity index (χ1) is 1.73. The Labute approximate surface area is 25.6 Å². The van der Waals surface area contributed by atoms with Crippen molar-refractivity contribution < 1.29 is 8.42 Å². The minimum Gasteiger partial charge on any atom is -0.184 e. The summed E-state index contributed by atoms with van der Waals surface area (Å²) in [5, 5.41) is 0. The molecule has 0 amide bonds. The molecule has 0 fully saturated rings. The number of hydrogen-bond acceptors (Lipinski definition) is 2. The van der Waals surface area contributed by atoms with Crippen LogP contribution in [0.25, 0.3) is 0 Å². The molecule has 4 heavy (non-hydrogen) atoms. The summed E-state index contributed by atoms with van der Waals surface area (Å²) >= 11 is 0. The topological polar surface area (TPSA) is 34.1 Å². The first-order valence-electron chi connectivity index (χ1n) is 0.537. The van der Waals surface area contributed by atoms with Gasteiger partial charge < -0.3 is 0 Å². The SMILES string of the molecule is [C]=S(=O)=O. The molecule has 3 heteroatoms. The van der Waals surface area contributed by atoms with Gasteiger partial charge in [-0.05, 0) is 0 Å². The molecule has 0 N–H and O–H groups in total. The molecule has 0 aliphatic heterocycles. The van der Waals surface area contributed by atoms with Crippen LogP contribution in [-0.4, -0.2) is 14.3 Å². The summed E-state index contributed by atoms with van der Waals surface area (Å²) in [6.07, 6.45) is 0. The van der Waals surface area contributed by atoms with Crippen molar-refractivity contribution in [2.45, 2.75) is 0 Å². The van der Waals surface area contributed by atoms with Gasteiger partial charge in [0, 0.05) is 0 Å². The van der Waals surface area contributed by atoms with Gasteiger partial charge in [0.05, 0.1) is 0 Å². The van der Waals surface area contributed by atoms with Crippen molar-refractivity contribution >= 4 is 16.2 Å². The van der Waals surface area contributed by atoms with E-state index in [0.29, 0.717) is 0 Å². The molecule has 0 atom stereocenters. The third kappa shape index (κ3) is 8.37. The Hall–Kier alpha value is -0.310. The van der Waals surface area contributed by atoms with Gasteiger partial charge in [0.1, 0.15) is 5.87 Å². The van der Waals surface area contributed by atoms with Gasteiger partial charge in [0.15, 0.2) is 0 Å². The smallest absolute Gasteiger partial charge is 0.184 e. The van der Waals surface area contributed by atoms with Crippen molar-refractivity contribution in [3.63, 3.8) is 0 Å². The maximum Gasteiger partial charge on any atom is 0.224 e. The molecule has 0 aromatic rings. The molecular formula is CO2S. The Morgan fingerprint density at radius 2 is 1.50 bits per heavy atom. The number of hydrogen-bond donors (Lipinski definition) is 0. The van der Waals surface area contributed by atoms with Gasteiger partial charge in [-0.15, -0.1) is 0 Å². The second-order valence-corrected chi connectivity index (χ2v) is 0.704. The van der Waals surface area contributed by atoms with Crippen molar-refractivity contribution in [3.8, 4) is 0 Å². The normalized spacial score (nSPS) is 6.00. The first-order valence-corrected chi connectivity index (χ1v) is 1.61. The predicted molar refractivity (Wildman–Crippen MR) is 13.9 cm³/mol. The van der Waals surface area contributed by atoms with Crippen molar-refractivity contribution in [1.82, 2.24) is 0 Å². The molecule has 0 aliphatic carbocycles. The maximum absolute atomic E-state index is 8.67. The van der Waals surface area contributed by atoms with E-state index < -0.39 is 10.3 Å². The van der Waals surface area contributed by atoms with Crippen LogP contribution < -0.4 is 0 Å². The van der Waals surface area contributed by atoms with Crippen LogP contribution in [0.3, 0.4) is 0 Å². The van der Waals surface area contributed by atoms with Crippen LogP contribution in [0, 0.1) is 0 Å². The second kappa shape index (κ2) is 1.06. The van der Waals surface area contributed by atoms with Crippen molar-refractivity contribution in [1.29, 1.82) is 0 Å². The summed E-state index contributed by atoms with van der Waals surface area (Å²) in [7, 11) is -2.61. The Morgan fingerprint density at radius 1 is 1.50 bits per heavy atom. The first kappa shape index (κ1) is 3.69. The molecule has 0 aliphatic rings. The van der Waals surface area contributed by atoms with E-state index in [1.807, 2.05) is 0 Å². The fourth-order valence-electron chi connectivity index (χ4n) is 0. The van der Waals surface area contributed by atoms with Crippen LogP contribution in [0.4, 0.5) is 0 Å². The highest BCUT2D eigenvalue weighted by Crippen LogP contribution is 1.08. The van der Waals surface area contributed by atoms with Gasteiger partial charge in [-0.2, -0.15) is 8.42 Å². The lowest BCUT2D eigenvalue weighted by molar-refractivity contribution is 0.627. The van der Waals surface area contributed by atoms with Gasteiger partial charge in [0.25, 0.3) is 0 Å². The zero-order valence-corrected chi connectivity index (χ0v) is 2.54. The predicted octanol–water partition coefficient (Wildman–Crippen LogP) is -0.949.